The molecule has 0 amide bonds. The zero-order valence-corrected chi connectivity index (χ0v) is 10.5. The first-order valence-electron chi connectivity index (χ1n) is 4.98. The molecule has 0 aliphatic carbocycles. The van der Waals surface area contributed by atoms with Gasteiger partial charge in [-0.15, -0.1) is 0 Å². The zero-order valence-electron chi connectivity index (χ0n) is 8.38. The van der Waals surface area contributed by atoms with Gasteiger partial charge in [0.2, 0.25) is 0 Å². The maximum atomic E-state index is 13.6. The molecule has 1 aromatic carbocycles. The van der Waals surface area contributed by atoms with Crippen LogP contribution in [-0.2, 0) is 9.16 Å². The normalized spacial score (nSPS) is 16.8. The molecule has 4 heteroatoms. The van der Waals surface area contributed by atoms with Gasteiger partial charge in [-0.25, -0.2) is 4.39 Å². The number of hydrogen-bond donors (Lipinski definition) is 0. The first-order valence-corrected chi connectivity index (χ1v) is 6.51. The van der Waals surface area contributed by atoms with Gasteiger partial charge in [0.25, 0.3) is 0 Å². The van der Waals surface area contributed by atoms with Crippen molar-refractivity contribution in [3.8, 4) is 0 Å². The predicted molar refractivity (Wildman–Crippen MR) is 67.2 cm³/mol. The quantitative estimate of drug-likeness (QED) is 0.613. The van der Waals surface area contributed by atoms with Gasteiger partial charge in [-0.2, -0.15) is 0 Å². The molecule has 1 aliphatic heterocycles. The van der Waals surface area contributed by atoms with E-state index in [0.29, 0.717) is 18.9 Å². The maximum absolute atomic E-state index is 13.6. The first kappa shape index (κ1) is 11.1. The molecule has 2 nitrogen and oxygen atoms in total. The monoisotopic (exact) mass is 321 g/mol. The summed E-state index contributed by atoms with van der Waals surface area (Å²) in [4.78, 5) is 2.05. The fourth-order valence-corrected chi connectivity index (χ4v) is 2.16. The highest BCUT2D eigenvalue weighted by molar-refractivity contribution is 14.1. The van der Waals surface area contributed by atoms with Gasteiger partial charge >= 0.3 is 0 Å². The van der Waals surface area contributed by atoms with Crippen molar-refractivity contribution in [2.24, 2.45) is 0 Å². The van der Waals surface area contributed by atoms with Crippen LogP contribution in [-0.4, -0.2) is 26.3 Å². The molecule has 0 bridgehead atoms. The molecule has 82 valence electrons. The van der Waals surface area contributed by atoms with E-state index < -0.39 is 0 Å². The summed E-state index contributed by atoms with van der Waals surface area (Å²) in [7, 11) is 0. The predicted octanol–water partition coefficient (Wildman–Crippen LogP) is 2.60. The highest BCUT2D eigenvalue weighted by Gasteiger charge is 2.15. The van der Waals surface area contributed by atoms with Gasteiger partial charge < -0.3 is 9.64 Å². The molecule has 0 N–H and O–H groups in total. The SMILES string of the molecule is Fc1ccc(CI)cc1N1CCOCC1. The minimum atomic E-state index is -0.134. The second-order valence-electron chi connectivity index (χ2n) is 3.52. The summed E-state index contributed by atoms with van der Waals surface area (Å²) in [5.74, 6) is -0.134. The average Bonchev–Trinajstić information content (AvgIpc) is 2.31. The summed E-state index contributed by atoms with van der Waals surface area (Å²) in [5, 5.41) is 0. The van der Waals surface area contributed by atoms with Crippen LogP contribution >= 0.6 is 22.6 Å². The third kappa shape index (κ3) is 2.60. The number of rotatable bonds is 2. The summed E-state index contributed by atoms with van der Waals surface area (Å²) in [6.07, 6.45) is 0. The second kappa shape index (κ2) is 5.12. The molecule has 15 heavy (non-hydrogen) atoms. The lowest BCUT2D eigenvalue weighted by atomic mass is 10.2. The van der Waals surface area contributed by atoms with Crippen molar-refractivity contribution in [2.75, 3.05) is 31.2 Å². The van der Waals surface area contributed by atoms with E-state index in [-0.39, 0.29) is 5.82 Å². The molecule has 1 aliphatic rings. The Morgan fingerprint density at radius 2 is 2.07 bits per heavy atom. The minimum absolute atomic E-state index is 0.134. The molecular weight excluding hydrogens is 308 g/mol. The van der Waals surface area contributed by atoms with Gasteiger partial charge in [0, 0.05) is 17.5 Å². The largest absolute Gasteiger partial charge is 0.378 e. The van der Waals surface area contributed by atoms with Crippen molar-refractivity contribution >= 4 is 28.3 Å². The zero-order chi connectivity index (χ0) is 10.7. The van der Waals surface area contributed by atoms with E-state index in [1.54, 1.807) is 6.07 Å². The van der Waals surface area contributed by atoms with Gasteiger partial charge in [-0.3, -0.25) is 0 Å². The van der Waals surface area contributed by atoms with Crippen molar-refractivity contribution in [2.45, 2.75) is 4.43 Å². The van der Waals surface area contributed by atoms with Gasteiger partial charge in [-0.1, -0.05) is 28.7 Å². The van der Waals surface area contributed by atoms with E-state index in [2.05, 4.69) is 27.5 Å². The van der Waals surface area contributed by atoms with Crippen LogP contribution in [0, 0.1) is 5.82 Å². The topological polar surface area (TPSA) is 12.5 Å². The van der Waals surface area contributed by atoms with Crippen LogP contribution in [0.1, 0.15) is 5.56 Å². The molecule has 1 heterocycles. The minimum Gasteiger partial charge on any atom is -0.378 e. The van der Waals surface area contributed by atoms with E-state index in [1.807, 2.05) is 12.1 Å². The van der Waals surface area contributed by atoms with Crippen LogP contribution in [0.5, 0.6) is 0 Å². The van der Waals surface area contributed by atoms with E-state index in [4.69, 9.17) is 4.74 Å². The fraction of sp³-hybridized carbons (Fsp3) is 0.455. The average molecular weight is 321 g/mol. The molecule has 0 saturated carbocycles. The molecule has 1 saturated heterocycles. The van der Waals surface area contributed by atoms with Gasteiger partial charge in [-0.05, 0) is 17.7 Å². The van der Waals surface area contributed by atoms with Crippen LogP contribution in [0.3, 0.4) is 0 Å². The Bertz CT molecular complexity index is 339. The summed E-state index contributed by atoms with van der Waals surface area (Å²) in [6.45, 7) is 2.94. The number of morpholine rings is 1. The highest BCUT2D eigenvalue weighted by Crippen LogP contribution is 2.23. The Kier molecular flexibility index (Phi) is 3.80. The van der Waals surface area contributed by atoms with Crippen LogP contribution in [0.4, 0.5) is 10.1 Å². The molecule has 0 aromatic heterocycles. The van der Waals surface area contributed by atoms with Gasteiger partial charge in [0.1, 0.15) is 5.82 Å². The molecule has 0 unspecified atom stereocenters. The number of nitrogens with zero attached hydrogens (tertiary/aromatic N) is 1. The summed E-state index contributed by atoms with van der Waals surface area (Å²) in [5.41, 5.74) is 1.88. The van der Waals surface area contributed by atoms with Crippen molar-refractivity contribution in [3.05, 3.63) is 29.6 Å². The Morgan fingerprint density at radius 3 is 2.73 bits per heavy atom. The van der Waals surface area contributed by atoms with Crippen molar-refractivity contribution in [1.82, 2.24) is 0 Å². The number of anilines is 1. The summed E-state index contributed by atoms with van der Waals surface area (Å²) < 4.78 is 19.8. The van der Waals surface area contributed by atoms with Gasteiger partial charge in [0.05, 0.1) is 18.9 Å². The van der Waals surface area contributed by atoms with Gasteiger partial charge in [0.15, 0.2) is 0 Å². The number of halogens is 2. The smallest absolute Gasteiger partial charge is 0.146 e. The first-order chi connectivity index (χ1) is 7.31. The Labute approximate surface area is 103 Å². The molecule has 0 radical (unpaired) electrons. The standard InChI is InChI=1S/C11H13FINO/c12-10-2-1-9(8-13)7-11(10)14-3-5-15-6-4-14/h1-2,7H,3-6,8H2. The van der Waals surface area contributed by atoms with Crippen molar-refractivity contribution < 1.29 is 9.13 Å². The number of benzene rings is 1. The van der Waals surface area contributed by atoms with E-state index in [1.165, 1.54) is 5.56 Å². The van der Waals surface area contributed by atoms with Crippen molar-refractivity contribution in [1.29, 1.82) is 0 Å². The molecule has 0 atom stereocenters. The third-order valence-corrected chi connectivity index (χ3v) is 3.40. The van der Waals surface area contributed by atoms with E-state index >= 15 is 0 Å². The lowest BCUT2D eigenvalue weighted by Gasteiger charge is -2.29. The van der Waals surface area contributed by atoms with E-state index in [9.17, 15) is 4.39 Å². The van der Waals surface area contributed by atoms with Crippen molar-refractivity contribution in [3.63, 3.8) is 0 Å². The Morgan fingerprint density at radius 1 is 1.33 bits per heavy atom. The molecule has 1 aromatic rings. The fourth-order valence-electron chi connectivity index (χ4n) is 1.69. The molecule has 2 rings (SSSR count). The lowest BCUT2D eigenvalue weighted by Crippen LogP contribution is -2.36. The molecule has 0 spiro atoms. The Hall–Kier alpha value is -0.360. The second-order valence-corrected chi connectivity index (χ2v) is 4.28. The Balaban J connectivity index is 2.24. The summed E-state index contributed by atoms with van der Waals surface area (Å²) in [6, 6.07) is 5.33. The maximum Gasteiger partial charge on any atom is 0.146 e. The number of hydrogen-bond acceptors (Lipinski definition) is 2. The van der Waals surface area contributed by atoms with Crippen LogP contribution in [0.2, 0.25) is 0 Å². The van der Waals surface area contributed by atoms with E-state index in [0.717, 1.165) is 17.5 Å². The van der Waals surface area contributed by atoms with Crippen LogP contribution in [0.15, 0.2) is 18.2 Å². The highest BCUT2D eigenvalue weighted by atomic mass is 127. The molecule has 1 fully saturated rings. The number of ether oxygens (including phenoxy) is 1. The third-order valence-electron chi connectivity index (χ3n) is 2.52. The summed E-state index contributed by atoms with van der Waals surface area (Å²) >= 11 is 2.29. The lowest BCUT2D eigenvalue weighted by molar-refractivity contribution is 0.122. The van der Waals surface area contributed by atoms with Crippen LogP contribution < -0.4 is 4.90 Å². The molecular formula is C11H13FINO. The number of alkyl halides is 1. The van der Waals surface area contributed by atoms with Crippen LogP contribution in [0.25, 0.3) is 0 Å².